The third-order valence-corrected chi connectivity index (χ3v) is 1.89. The first-order valence-electron chi connectivity index (χ1n) is 3.58. The minimum Gasteiger partial charge on any atom is -0.497 e. The minimum atomic E-state index is -0.216. The molecule has 0 unspecified atom stereocenters. The second kappa shape index (κ2) is 3.05. The standard InChI is InChI=1S/C8H10BNO2/c1-5-4-6(12-3)7(9)8(11)10(5)2/h4H,1-3H3. The molecule has 3 nitrogen and oxygen atoms in total. The van der Waals surface area contributed by atoms with Gasteiger partial charge in [-0.2, -0.15) is 0 Å². The number of nitrogens with zero attached hydrogens (tertiary/aromatic N) is 1. The molecule has 0 fully saturated rings. The topological polar surface area (TPSA) is 31.2 Å². The van der Waals surface area contributed by atoms with E-state index in [1.807, 2.05) is 6.92 Å². The van der Waals surface area contributed by atoms with Crippen LogP contribution in [0.15, 0.2) is 10.9 Å². The molecular weight excluding hydrogens is 153 g/mol. The molecule has 0 aliphatic heterocycles. The molecule has 0 aliphatic rings. The first kappa shape index (κ1) is 8.91. The number of ether oxygens (including phenoxy) is 1. The van der Waals surface area contributed by atoms with Gasteiger partial charge >= 0.3 is 0 Å². The first-order chi connectivity index (χ1) is 5.57. The molecule has 0 saturated carbocycles. The van der Waals surface area contributed by atoms with Gasteiger partial charge in [-0.05, 0) is 13.0 Å². The predicted octanol–water partition coefficient (Wildman–Crippen LogP) is -0.504. The predicted molar refractivity (Wildman–Crippen MR) is 48.4 cm³/mol. The SMILES string of the molecule is [B]c1c(OC)cc(C)n(C)c1=O. The Morgan fingerprint density at radius 1 is 1.58 bits per heavy atom. The van der Waals surface area contributed by atoms with Gasteiger partial charge in [-0.1, -0.05) is 0 Å². The molecule has 0 spiro atoms. The van der Waals surface area contributed by atoms with E-state index in [-0.39, 0.29) is 11.0 Å². The van der Waals surface area contributed by atoms with Gasteiger partial charge in [0, 0.05) is 18.2 Å². The molecule has 0 amide bonds. The Labute approximate surface area is 72.4 Å². The van der Waals surface area contributed by atoms with E-state index in [2.05, 4.69) is 0 Å². The molecule has 1 rings (SSSR count). The van der Waals surface area contributed by atoms with Gasteiger partial charge in [0.05, 0.1) is 7.11 Å². The highest BCUT2D eigenvalue weighted by molar-refractivity contribution is 6.33. The molecule has 12 heavy (non-hydrogen) atoms. The summed E-state index contributed by atoms with van der Waals surface area (Å²) in [6.45, 7) is 1.82. The van der Waals surface area contributed by atoms with Crippen molar-refractivity contribution in [1.29, 1.82) is 0 Å². The van der Waals surface area contributed by atoms with Crippen molar-refractivity contribution in [3.05, 3.63) is 22.1 Å². The van der Waals surface area contributed by atoms with E-state index in [0.29, 0.717) is 5.75 Å². The van der Waals surface area contributed by atoms with Crippen LogP contribution in [-0.4, -0.2) is 19.5 Å². The molecule has 0 N–H and O–H groups in total. The number of rotatable bonds is 1. The summed E-state index contributed by atoms with van der Waals surface area (Å²) in [6.07, 6.45) is 0. The molecule has 2 radical (unpaired) electrons. The third-order valence-electron chi connectivity index (χ3n) is 1.89. The summed E-state index contributed by atoms with van der Waals surface area (Å²) in [4.78, 5) is 11.3. The van der Waals surface area contributed by atoms with Crippen molar-refractivity contribution in [2.45, 2.75) is 6.92 Å². The summed E-state index contributed by atoms with van der Waals surface area (Å²) < 4.78 is 6.41. The summed E-state index contributed by atoms with van der Waals surface area (Å²) in [5, 5.41) is 0. The zero-order valence-corrected chi connectivity index (χ0v) is 7.42. The molecule has 1 heterocycles. The molecule has 0 atom stereocenters. The van der Waals surface area contributed by atoms with Crippen molar-refractivity contribution in [2.24, 2.45) is 7.05 Å². The van der Waals surface area contributed by atoms with Crippen LogP contribution in [0.2, 0.25) is 0 Å². The molecule has 1 aromatic heterocycles. The number of hydrogen-bond acceptors (Lipinski definition) is 2. The van der Waals surface area contributed by atoms with Crippen LogP contribution >= 0.6 is 0 Å². The Balaban J connectivity index is 3.50. The quantitative estimate of drug-likeness (QED) is 0.522. The Kier molecular flexibility index (Phi) is 2.26. The summed E-state index contributed by atoms with van der Waals surface area (Å²) in [5.41, 5.74) is 0.767. The molecule has 1 aromatic rings. The number of aromatic nitrogens is 1. The van der Waals surface area contributed by atoms with Crippen LogP contribution in [0.25, 0.3) is 0 Å². The Hall–Kier alpha value is -1.19. The van der Waals surface area contributed by atoms with E-state index in [0.717, 1.165) is 5.69 Å². The van der Waals surface area contributed by atoms with Gasteiger partial charge < -0.3 is 9.30 Å². The van der Waals surface area contributed by atoms with Gasteiger partial charge in [-0.15, -0.1) is 0 Å². The van der Waals surface area contributed by atoms with Gasteiger partial charge in [0.15, 0.2) is 0 Å². The summed E-state index contributed by atoms with van der Waals surface area (Å²) in [5.74, 6) is 0.440. The number of aryl methyl sites for hydroxylation is 1. The van der Waals surface area contributed by atoms with E-state index in [4.69, 9.17) is 12.6 Å². The fourth-order valence-electron chi connectivity index (χ4n) is 0.979. The lowest BCUT2D eigenvalue weighted by Gasteiger charge is -2.09. The monoisotopic (exact) mass is 163 g/mol. The molecule has 0 aromatic carbocycles. The Morgan fingerprint density at radius 2 is 2.17 bits per heavy atom. The number of hydrogen-bond donors (Lipinski definition) is 0. The van der Waals surface area contributed by atoms with Crippen LogP contribution in [0.3, 0.4) is 0 Å². The van der Waals surface area contributed by atoms with E-state index < -0.39 is 0 Å². The Bertz CT molecular complexity index is 357. The largest absolute Gasteiger partial charge is 0.497 e. The third kappa shape index (κ3) is 1.24. The van der Waals surface area contributed by atoms with Crippen molar-refractivity contribution in [1.82, 2.24) is 4.57 Å². The highest BCUT2D eigenvalue weighted by atomic mass is 16.5. The van der Waals surface area contributed by atoms with Gasteiger partial charge in [-0.25, -0.2) is 0 Å². The second-order valence-electron chi connectivity index (χ2n) is 2.63. The molecule has 4 heteroatoms. The van der Waals surface area contributed by atoms with Crippen LogP contribution in [0.4, 0.5) is 0 Å². The summed E-state index contributed by atoms with van der Waals surface area (Å²) in [6, 6.07) is 1.73. The van der Waals surface area contributed by atoms with Crippen molar-refractivity contribution < 1.29 is 4.74 Å². The molecule has 0 aliphatic carbocycles. The zero-order valence-electron chi connectivity index (χ0n) is 7.42. The second-order valence-corrected chi connectivity index (χ2v) is 2.63. The van der Waals surface area contributed by atoms with E-state index in [9.17, 15) is 4.79 Å². The summed E-state index contributed by atoms with van der Waals surface area (Å²) >= 11 is 0. The average molecular weight is 163 g/mol. The summed E-state index contributed by atoms with van der Waals surface area (Å²) in [7, 11) is 8.67. The minimum absolute atomic E-state index is 0.158. The van der Waals surface area contributed by atoms with E-state index in [1.165, 1.54) is 11.7 Å². The molecule has 0 saturated heterocycles. The lowest BCUT2D eigenvalue weighted by Crippen LogP contribution is -2.35. The maximum Gasteiger partial charge on any atom is 0.246 e. The molecule has 62 valence electrons. The number of methoxy groups -OCH3 is 1. The lowest BCUT2D eigenvalue weighted by atomic mass is 9.96. The zero-order chi connectivity index (χ0) is 9.30. The smallest absolute Gasteiger partial charge is 0.246 e. The fraction of sp³-hybridized carbons (Fsp3) is 0.375. The van der Waals surface area contributed by atoms with Crippen molar-refractivity contribution in [3.63, 3.8) is 0 Å². The molecular formula is C8H10BNO2. The first-order valence-corrected chi connectivity index (χ1v) is 3.58. The van der Waals surface area contributed by atoms with E-state index >= 15 is 0 Å². The van der Waals surface area contributed by atoms with Crippen molar-refractivity contribution in [3.8, 4) is 5.75 Å². The van der Waals surface area contributed by atoms with Crippen LogP contribution in [0, 0.1) is 6.92 Å². The number of pyridine rings is 1. The van der Waals surface area contributed by atoms with Crippen LogP contribution in [0.5, 0.6) is 5.75 Å². The normalized spacial score (nSPS) is 9.92. The maximum absolute atomic E-state index is 11.3. The van der Waals surface area contributed by atoms with Crippen LogP contribution in [0.1, 0.15) is 5.69 Å². The Morgan fingerprint density at radius 3 is 2.67 bits per heavy atom. The fourth-order valence-corrected chi connectivity index (χ4v) is 0.979. The molecule has 0 bridgehead atoms. The van der Waals surface area contributed by atoms with Gasteiger partial charge in [-0.3, -0.25) is 4.79 Å². The van der Waals surface area contributed by atoms with Crippen LogP contribution < -0.4 is 15.8 Å². The lowest BCUT2D eigenvalue weighted by molar-refractivity contribution is 0.416. The highest BCUT2D eigenvalue weighted by Crippen LogP contribution is 2.04. The van der Waals surface area contributed by atoms with E-state index in [1.54, 1.807) is 13.1 Å². The van der Waals surface area contributed by atoms with Crippen LogP contribution in [-0.2, 0) is 7.05 Å². The van der Waals surface area contributed by atoms with Gasteiger partial charge in [0.2, 0.25) is 5.56 Å². The van der Waals surface area contributed by atoms with Crippen molar-refractivity contribution >= 4 is 13.3 Å². The highest BCUT2D eigenvalue weighted by Gasteiger charge is 2.05. The maximum atomic E-state index is 11.3. The van der Waals surface area contributed by atoms with Crippen molar-refractivity contribution in [2.75, 3.05) is 7.11 Å². The average Bonchev–Trinajstić information content (AvgIpc) is 2.08. The van der Waals surface area contributed by atoms with Gasteiger partial charge in [0.1, 0.15) is 13.6 Å². The van der Waals surface area contributed by atoms with Gasteiger partial charge in [0.25, 0.3) is 0 Å².